The minimum absolute atomic E-state index is 0.0918. The smallest absolute Gasteiger partial charge is 0.243 e. The molecule has 2 rings (SSSR count). The van der Waals surface area contributed by atoms with Crippen molar-refractivity contribution in [2.45, 2.75) is 19.8 Å². The standard InChI is InChI=1S/C18H22N2O2/c1-3-5-14-8-10-15(11-9-14)19-13-18(21)20-16-6-4-7-17(12-16)22-2/h4,6-12,19H,3,5,13H2,1-2H3,(H,20,21). The second-order valence-electron chi connectivity index (χ2n) is 5.08. The molecule has 0 saturated heterocycles. The van der Waals surface area contributed by atoms with Gasteiger partial charge in [-0.1, -0.05) is 31.5 Å². The van der Waals surface area contributed by atoms with Crippen LogP contribution in [-0.2, 0) is 11.2 Å². The van der Waals surface area contributed by atoms with Crippen LogP contribution in [0.2, 0.25) is 0 Å². The lowest BCUT2D eigenvalue weighted by atomic mass is 10.1. The van der Waals surface area contributed by atoms with Gasteiger partial charge in [-0.25, -0.2) is 0 Å². The topological polar surface area (TPSA) is 50.4 Å². The van der Waals surface area contributed by atoms with Gasteiger partial charge >= 0.3 is 0 Å². The molecule has 2 aromatic rings. The van der Waals surface area contributed by atoms with Crippen LogP contribution in [0, 0.1) is 0 Å². The van der Waals surface area contributed by atoms with Crippen molar-refractivity contribution in [3.05, 3.63) is 54.1 Å². The van der Waals surface area contributed by atoms with Crippen LogP contribution in [0.4, 0.5) is 11.4 Å². The summed E-state index contributed by atoms with van der Waals surface area (Å²) in [6.45, 7) is 2.39. The number of hydrogen-bond acceptors (Lipinski definition) is 3. The Balaban J connectivity index is 1.84. The summed E-state index contributed by atoms with van der Waals surface area (Å²) >= 11 is 0. The summed E-state index contributed by atoms with van der Waals surface area (Å²) in [6, 6.07) is 15.5. The van der Waals surface area contributed by atoms with Crippen molar-refractivity contribution >= 4 is 17.3 Å². The zero-order valence-electron chi connectivity index (χ0n) is 13.1. The van der Waals surface area contributed by atoms with Gasteiger partial charge in [-0.15, -0.1) is 0 Å². The van der Waals surface area contributed by atoms with Gasteiger partial charge in [0.25, 0.3) is 0 Å². The third kappa shape index (κ3) is 4.81. The van der Waals surface area contributed by atoms with Crippen LogP contribution in [0.1, 0.15) is 18.9 Å². The van der Waals surface area contributed by atoms with Crippen molar-refractivity contribution in [1.82, 2.24) is 0 Å². The number of amides is 1. The average Bonchev–Trinajstić information content (AvgIpc) is 2.55. The average molecular weight is 298 g/mol. The maximum absolute atomic E-state index is 11.9. The zero-order chi connectivity index (χ0) is 15.8. The first-order valence-corrected chi connectivity index (χ1v) is 7.48. The van der Waals surface area contributed by atoms with Crippen LogP contribution in [0.25, 0.3) is 0 Å². The van der Waals surface area contributed by atoms with E-state index in [2.05, 4.69) is 29.7 Å². The second kappa shape index (κ2) is 8.08. The minimum atomic E-state index is -0.0918. The highest BCUT2D eigenvalue weighted by Crippen LogP contribution is 2.16. The SMILES string of the molecule is CCCc1ccc(NCC(=O)Nc2cccc(OC)c2)cc1. The molecule has 0 unspecified atom stereocenters. The van der Waals surface area contributed by atoms with Gasteiger partial charge in [0.1, 0.15) is 5.75 Å². The Bertz CT molecular complexity index is 609. The summed E-state index contributed by atoms with van der Waals surface area (Å²) in [7, 11) is 1.60. The molecule has 1 amide bonds. The van der Waals surface area contributed by atoms with E-state index in [1.165, 1.54) is 5.56 Å². The van der Waals surface area contributed by atoms with Crippen molar-refractivity contribution in [2.75, 3.05) is 24.3 Å². The van der Waals surface area contributed by atoms with Crippen LogP contribution in [0.15, 0.2) is 48.5 Å². The Labute approximate surface area is 131 Å². The van der Waals surface area contributed by atoms with Gasteiger partial charge in [0, 0.05) is 17.4 Å². The fraction of sp³-hybridized carbons (Fsp3) is 0.278. The molecule has 2 aromatic carbocycles. The van der Waals surface area contributed by atoms with E-state index in [1.807, 2.05) is 30.3 Å². The Morgan fingerprint density at radius 2 is 1.86 bits per heavy atom. The summed E-state index contributed by atoms with van der Waals surface area (Å²) in [5.41, 5.74) is 2.99. The molecule has 4 nitrogen and oxygen atoms in total. The lowest BCUT2D eigenvalue weighted by molar-refractivity contribution is -0.114. The molecule has 0 aromatic heterocycles. The van der Waals surface area contributed by atoms with Gasteiger partial charge in [0.05, 0.1) is 13.7 Å². The normalized spacial score (nSPS) is 10.1. The Kier molecular flexibility index (Phi) is 5.83. The third-order valence-corrected chi connectivity index (χ3v) is 3.30. The number of methoxy groups -OCH3 is 1. The molecule has 0 fully saturated rings. The molecule has 2 N–H and O–H groups in total. The molecule has 0 spiro atoms. The van der Waals surface area contributed by atoms with Crippen molar-refractivity contribution in [3.8, 4) is 5.75 Å². The van der Waals surface area contributed by atoms with Gasteiger partial charge in [0.15, 0.2) is 0 Å². The quantitative estimate of drug-likeness (QED) is 0.819. The largest absolute Gasteiger partial charge is 0.497 e. The molecule has 0 atom stereocenters. The van der Waals surface area contributed by atoms with Gasteiger partial charge in [-0.3, -0.25) is 4.79 Å². The first kappa shape index (κ1) is 15.9. The number of benzene rings is 2. The molecule has 0 radical (unpaired) electrons. The monoisotopic (exact) mass is 298 g/mol. The van der Waals surface area contributed by atoms with Gasteiger partial charge in [-0.05, 0) is 36.2 Å². The maximum atomic E-state index is 11.9. The van der Waals surface area contributed by atoms with Gasteiger partial charge < -0.3 is 15.4 Å². The second-order valence-corrected chi connectivity index (χ2v) is 5.08. The number of anilines is 2. The molecule has 22 heavy (non-hydrogen) atoms. The van der Waals surface area contributed by atoms with E-state index in [0.717, 1.165) is 30.0 Å². The van der Waals surface area contributed by atoms with Crippen LogP contribution in [0.5, 0.6) is 5.75 Å². The highest BCUT2D eigenvalue weighted by molar-refractivity contribution is 5.93. The van der Waals surface area contributed by atoms with Crippen molar-refractivity contribution in [2.24, 2.45) is 0 Å². The highest BCUT2D eigenvalue weighted by Gasteiger charge is 2.03. The Morgan fingerprint density at radius 1 is 1.09 bits per heavy atom. The Morgan fingerprint density at radius 3 is 2.55 bits per heavy atom. The van der Waals surface area contributed by atoms with Gasteiger partial charge in [-0.2, -0.15) is 0 Å². The number of hydrogen-bond donors (Lipinski definition) is 2. The molecule has 0 aliphatic rings. The number of carbonyl (C=O) groups is 1. The van der Waals surface area contributed by atoms with Crippen LogP contribution in [-0.4, -0.2) is 19.6 Å². The van der Waals surface area contributed by atoms with Crippen LogP contribution in [0.3, 0.4) is 0 Å². The van der Waals surface area contributed by atoms with Crippen molar-refractivity contribution < 1.29 is 9.53 Å². The third-order valence-electron chi connectivity index (χ3n) is 3.30. The lowest BCUT2D eigenvalue weighted by Crippen LogP contribution is -2.21. The summed E-state index contributed by atoms with van der Waals surface area (Å²) in [6.07, 6.45) is 2.21. The van der Waals surface area contributed by atoms with Crippen molar-refractivity contribution in [1.29, 1.82) is 0 Å². The van der Waals surface area contributed by atoms with Crippen molar-refractivity contribution in [3.63, 3.8) is 0 Å². The number of rotatable bonds is 7. The van der Waals surface area contributed by atoms with E-state index >= 15 is 0 Å². The number of nitrogens with one attached hydrogen (secondary N) is 2. The Hall–Kier alpha value is -2.49. The molecular weight excluding hydrogens is 276 g/mol. The minimum Gasteiger partial charge on any atom is -0.497 e. The molecule has 0 bridgehead atoms. The zero-order valence-corrected chi connectivity index (χ0v) is 13.1. The predicted octanol–water partition coefficient (Wildman–Crippen LogP) is 3.70. The van der Waals surface area contributed by atoms with E-state index in [9.17, 15) is 4.79 Å². The summed E-state index contributed by atoms with van der Waals surface area (Å²) < 4.78 is 5.13. The molecule has 4 heteroatoms. The maximum Gasteiger partial charge on any atom is 0.243 e. The predicted molar refractivity (Wildman–Crippen MR) is 90.6 cm³/mol. The molecule has 0 saturated carbocycles. The molecule has 0 aliphatic carbocycles. The lowest BCUT2D eigenvalue weighted by Gasteiger charge is -2.09. The fourth-order valence-corrected chi connectivity index (χ4v) is 2.17. The molecule has 0 heterocycles. The number of aryl methyl sites for hydroxylation is 1. The highest BCUT2D eigenvalue weighted by atomic mass is 16.5. The number of carbonyl (C=O) groups excluding carboxylic acids is 1. The summed E-state index contributed by atoms with van der Waals surface area (Å²) in [5.74, 6) is 0.628. The first-order chi connectivity index (χ1) is 10.7. The first-order valence-electron chi connectivity index (χ1n) is 7.48. The number of ether oxygens (including phenoxy) is 1. The van der Waals surface area contributed by atoms with E-state index < -0.39 is 0 Å². The van der Waals surface area contributed by atoms with E-state index in [4.69, 9.17) is 4.74 Å². The van der Waals surface area contributed by atoms with Crippen LogP contribution >= 0.6 is 0 Å². The van der Waals surface area contributed by atoms with E-state index in [0.29, 0.717) is 0 Å². The van der Waals surface area contributed by atoms with E-state index in [-0.39, 0.29) is 12.5 Å². The summed E-state index contributed by atoms with van der Waals surface area (Å²) in [4.78, 5) is 11.9. The summed E-state index contributed by atoms with van der Waals surface area (Å²) in [5, 5.41) is 5.96. The fourth-order valence-electron chi connectivity index (χ4n) is 2.17. The molecule has 116 valence electrons. The van der Waals surface area contributed by atoms with Gasteiger partial charge in [0.2, 0.25) is 5.91 Å². The van der Waals surface area contributed by atoms with Crippen LogP contribution < -0.4 is 15.4 Å². The molecular formula is C18H22N2O2. The molecule has 0 aliphatic heterocycles. The van der Waals surface area contributed by atoms with E-state index in [1.54, 1.807) is 13.2 Å².